The van der Waals surface area contributed by atoms with Crippen molar-refractivity contribution in [1.82, 2.24) is 5.32 Å². The summed E-state index contributed by atoms with van der Waals surface area (Å²) < 4.78 is 1.07. The van der Waals surface area contributed by atoms with Crippen molar-refractivity contribution in [2.75, 3.05) is 12.3 Å². The van der Waals surface area contributed by atoms with Crippen molar-refractivity contribution >= 4 is 33.0 Å². The van der Waals surface area contributed by atoms with Gasteiger partial charge in [0.1, 0.15) is 4.88 Å². The lowest BCUT2D eigenvalue weighted by Crippen LogP contribution is -2.29. The summed E-state index contributed by atoms with van der Waals surface area (Å²) >= 11 is 1.47. The third kappa shape index (κ3) is 2.56. The Labute approximate surface area is 122 Å². The van der Waals surface area contributed by atoms with Crippen LogP contribution in [0.5, 0.6) is 0 Å². The van der Waals surface area contributed by atoms with Gasteiger partial charge in [-0.25, -0.2) is 0 Å². The third-order valence-corrected chi connectivity index (χ3v) is 4.95. The van der Waals surface area contributed by atoms with Crippen LogP contribution in [-0.2, 0) is 0 Å². The number of benzene rings is 1. The summed E-state index contributed by atoms with van der Waals surface area (Å²) in [4.78, 5) is 12.9. The SMILES string of the molecule is Nc1c(C(=O)NCC2CC=CCC2)sc2ccccc12. The number of fused-ring (bicyclic) bond motifs is 1. The van der Waals surface area contributed by atoms with E-state index in [9.17, 15) is 4.79 Å². The molecule has 0 aliphatic heterocycles. The standard InChI is InChI=1S/C16H18N2OS/c17-14-12-8-4-5-9-13(12)20-15(14)16(19)18-10-11-6-2-1-3-7-11/h1-2,4-5,8-9,11H,3,6-7,10,17H2,(H,18,19). The number of carbonyl (C=O) groups excluding carboxylic acids is 1. The summed E-state index contributed by atoms with van der Waals surface area (Å²) in [6.07, 6.45) is 7.74. The second-order valence-corrected chi connectivity index (χ2v) is 6.25. The molecule has 2 aromatic rings. The summed E-state index contributed by atoms with van der Waals surface area (Å²) in [5.74, 6) is 0.512. The maximum absolute atomic E-state index is 12.3. The number of hydrogen-bond donors (Lipinski definition) is 2. The Bertz CT molecular complexity index is 660. The number of nitrogens with one attached hydrogen (secondary N) is 1. The topological polar surface area (TPSA) is 55.1 Å². The van der Waals surface area contributed by atoms with Crippen LogP contribution in [-0.4, -0.2) is 12.5 Å². The number of amides is 1. The van der Waals surface area contributed by atoms with Crippen molar-refractivity contribution in [2.24, 2.45) is 5.92 Å². The molecule has 1 aromatic heterocycles. The summed E-state index contributed by atoms with van der Waals surface area (Å²) in [6, 6.07) is 7.87. The van der Waals surface area contributed by atoms with Crippen molar-refractivity contribution < 1.29 is 4.79 Å². The van der Waals surface area contributed by atoms with Crippen molar-refractivity contribution in [3.8, 4) is 0 Å². The molecule has 1 unspecified atom stereocenters. The smallest absolute Gasteiger partial charge is 0.263 e. The first-order chi connectivity index (χ1) is 9.75. The molecule has 20 heavy (non-hydrogen) atoms. The predicted octanol–water partition coefficient (Wildman–Crippen LogP) is 3.57. The molecule has 0 bridgehead atoms. The highest BCUT2D eigenvalue weighted by atomic mass is 32.1. The largest absolute Gasteiger partial charge is 0.397 e. The lowest BCUT2D eigenvalue weighted by Gasteiger charge is -2.17. The third-order valence-electron chi connectivity index (χ3n) is 3.77. The van der Waals surface area contributed by atoms with Gasteiger partial charge < -0.3 is 11.1 Å². The number of rotatable bonds is 3. The quantitative estimate of drug-likeness (QED) is 0.847. The molecule has 1 heterocycles. The van der Waals surface area contributed by atoms with Gasteiger partial charge in [0.05, 0.1) is 5.69 Å². The van der Waals surface area contributed by atoms with Crippen LogP contribution in [0.4, 0.5) is 5.69 Å². The van der Waals surface area contributed by atoms with Crippen molar-refractivity contribution in [1.29, 1.82) is 0 Å². The molecule has 0 saturated heterocycles. The molecular formula is C16H18N2OS. The maximum atomic E-state index is 12.3. The van der Waals surface area contributed by atoms with Crippen LogP contribution in [0.25, 0.3) is 10.1 Å². The van der Waals surface area contributed by atoms with Gasteiger partial charge in [-0.05, 0) is 31.2 Å². The van der Waals surface area contributed by atoms with Gasteiger partial charge in [0.25, 0.3) is 5.91 Å². The lowest BCUT2D eigenvalue weighted by atomic mass is 9.94. The maximum Gasteiger partial charge on any atom is 0.263 e. The number of nitrogen functional groups attached to an aromatic ring is 1. The van der Waals surface area contributed by atoms with Crippen LogP contribution < -0.4 is 11.1 Å². The second-order valence-electron chi connectivity index (χ2n) is 5.20. The number of hydrogen-bond acceptors (Lipinski definition) is 3. The molecule has 0 fully saturated rings. The van der Waals surface area contributed by atoms with Gasteiger partial charge in [0, 0.05) is 16.6 Å². The first-order valence-corrected chi connectivity index (χ1v) is 7.77. The van der Waals surface area contributed by atoms with E-state index < -0.39 is 0 Å². The Morgan fingerprint density at radius 2 is 2.20 bits per heavy atom. The van der Waals surface area contributed by atoms with E-state index in [-0.39, 0.29) is 5.91 Å². The lowest BCUT2D eigenvalue weighted by molar-refractivity contribution is 0.0951. The van der Waals surface area contributed by atoms with Gasteiger partial charge >= 0.3 is 0 Å². The number of anilines is 1. The number of allylic oxidation sites excluding steroid dienone is 2. The summed E-state index contributed by atoms with van der Waals surface area (Å²) in [5.41, 5.74) is 6.69. The van der Waals surface area contributed by atoms with Crippen LogP contribution in [0.1, 0.15) is 28.9 Å². The molecule has 0 saturated carbocycles. The molecule has 3 N–H and O–H groups in total. The first-order valence-electron chi connectivity index (χ1n) is 6.96. The highest BCUT2D eigenvalue weighted by Gasteiger charge is 2.17. The molecule has 3 rings (SSSR count). The van der Waals surface area contributed by atoms with Crippen molar-refractivity contribution in [3.63, 3.8) is 0 Å². The van der Waals surface area contributed by atoms with E-state index in [1.165, 1.54) is 11.3 Å². The molecule has 1 atom stereocenters. The molecule has 0 spiro atoms. The Hall–Kier alpha value is -1.81. The Morgan fingerprint density at radius 3 is 2.95 bits per heavy atom. The van der Waals surface area contributed by atoms with E-state index >= 15 is 0 Å². The fraction of sp³-hybridized carbons (Fsp3) is 0.312. The average Bonchev–Trinajstić information content (AvgIpc) is 2.84. The van der Waals surface area contributed by atoms with Gasteiger partial charge in [-0.2, -0.15) is 0 Å². The van der Waals surface area contributed by atoms with Gasteiger partial charge in [-0.1, -0.05) is 30.4 Å². The van der Waals surface area contributed by atoms with Gasteiger partial charge in [0.15, 0.2) is 0 Å². The number of carbonyl (C=O) groups is 1. The fourth-order valence-electron chi connectivity index (χ4n) is 2.59. The van der Waals surface area contributed by atoms with Crippen LogP contribution in [0.2, 0.25) is 0 Å². The molecule has 1 aliphatic rings. The van der Waals surface area contributed by atoms with Crippen LogP contribution in [0, 0.1) is 5.92 Å². The molecule has 104 valence electrons. The summed E-state index contributed by atoms with van der Waals surface area (Å²) in [6.45, 7) is 0.733. The molecule has 1 amide bonds. The molecule has 3 nitrogen and oxygen atoms in total. The zero-order chi connectivity index (χ0) is 13.9. The predicted molar refractivity (Wildman–Crippen MR) is 85.1 cm³/mol. The van der Waals surface area contributed by atoms with E-state index in [4.69, 9.17) is 5.73 Å². The molecule has 1 aromatic carbocycles. The van der Waals surface area contributed by atoms with Gasteiger partial charge in [0.2, 0.25) is 0 Å². The van der Waals surface area contributed by atoms with Gasteiger partial charge in [-0.3, -0.25) is 4.79 Å². The zero-order valence-corrected chi connectivity index (χ0v) is 12.1. The Morgan fingerprint density at radius 1 is 1.35 bits per heavy atom. The Balaban J connectivity index is 1.72. The Kier molecular flexibility index (Phi) is 3.74. The van der Waals surface area contributed by atoms with Crippen LogP contribution in [0.15, 0.2) is 36.4 Å². The second kappa shape index (κ2) is 5.67. The highest BCUT2D eigenvalue weighted by molar-refractivity contribution is 7.21. The summed E-state index contributed by atoms with van der Waals surface area (Å²) in [5, 5.41) is 4.00. The first kappa shape index (κ1) is 13.2. The minimum absolute atomic E-state index is 0.0433. The van der Waals surface area contributed by atoms with E-state index in [0.29, 0.717) is 16.5 Å². The normalized spacial score (nSPS) is 18.3. The van der Waals surface area contributed by atoms with E-state index in [0.717, 1.165) is 35.9 Å². The van der Waals surface area contributed by atoms with E-state index in [1.54, 1.807) is 0 Å². The van der Waals surface area contributed by atoms with Gasteiger partial charge in [-0.15, -0.1) is 11.3 Å². The molecule has 4 heteroatoms. The molecular weight excluding hydrogens is 268 g/mol. The van der Waals surface area contributed by atoms with Crippen LogP contribution in [0.3, 0.4) is 0 Å². The molecule has 1 aliphatic carbocycles. The van der Waals surface area contributed by atoms with E-state index in [1.807, 2.05) is 24.3 Å². The van der Waals surface area contributed by atoms with E-state index in [2.05, 4.69) is 17.5 Å². The van der Waals surface area contributed by atoms with Crippen LogP contribution >= 0.6 is 11.3 Å². The molecule has 0 radical (unpaired) electrons. The number of thiophene rings is 1. The monoisotopic (exact) mass is 286 g/mol. The minimum atomic E-state index is -0.0433. The van der Waals surface area contributed by atoms with Crippen molar-refractivity contribution in [3.05, 3.63) is 41.3 Å². The average molecular weight is 286 g/mol. The number of nitrogens with two attached hydrogens (primary N) is 1. The fourth-order valence-corrected chi connectivity index (χ4v) is 3.63. The zero-order valence-electron chi connectivity index (χ0n) is 11.3. The minimum Gasteiger partial charge on any atom is -0.397 e. The summed E-state index contributed by atoms with van der Waals surface area (Å²) in [7, 11) is 0. The van der Waals surface area contributed by atoms with Crippen molar-refractivity contribution in [2.45, 2.75) is 19.3 Å². The highest BCUT2D eigenvalue weighted by Crippen LogP contribution is 2.33.